The lowest BCUT2D eigenvalue weighted by Crippen LogP contribution is -2.27. The highest BCUT2D eigenvalue weighted by Gasteiger charge is 2.33. The van der Waals surface area contributed by atoms with Crippen molar-refractivity contribution in [3.8, 4) is 5.75 Å². The van der Waals surface area contributed by atoms with Crippen molar-refractivity contribution in [2.75, 3.05) is 17.3 Å². The van der Waals surface area contributed by atoms with Crippen LogP contribution < -0.4 is 10.1 Å². The molecule has 0 aliphatic heterocycles. The van der Waals surface area contributed by atoms with Crippen LogP contribution in [0, 0.1) is 5.41 Å². The van der Waals surface area contributed by atoms with Crippen molar-refractivity contribution >= 4 is 27.5 Å². The van der Waals surface area contributed by atoms with Crippen LogP contribution in [0.5, 0.6) is 5.75 Å². The molecule has 0 heterocycles. The molecule has 2 rings (SSSR count). The second-order valence-electron chi connectivity index (χ2n) is 5.31. The average molecular weight is 326 g/mol. The Morgan fingerprint density at radius 1 is 1.37 bits per heavy atom. The Balaban J connectivity index is 2.04. The lowest BCUT2D eigenvalue weighted by atomic mass is 9.90. The van der Waals surface area contributed by atoms with E-state index in [4.69, 9.17) is 4.74 Å². The third kappa shape index (κ3) is 3.72. The van der Waals surface area contributed by atoms with Crippen LogP contribution in [0.3, 0.4) is 0 Å². The first-order chi connectivity index (χ1) is 9.15. The number of rotatable bonds is 5. The maximum absolute atomic E-state index is 11.2. The van der Waals surface area contributed by atoms with Crippen LogP contribution in [0.1, 0.15) is 32.6 Å². The summed E-state index contributed by atoms with van der Waals surface area (Å²) in [6.07, 6.45) is 4.98. The van der Waals surface area contributed by atoms with Crippen LogP contribution in [0.4, 0.5) is 5.69 Å². The molecule has 1 aliphatic carbocycles. The topological polar surface area (TPSA) is 38.3 Å². The summed E-state index contributed by atoms with van der Waals surface area (Å²) in [4.78, 5) is 11.2. The Morgan fingerprint density at radius 3 is 2.68 bits per heavy atom. The fourth-order valence-electron chi connectivity index (χ4n) is 2.56. The predicted octanol–water partition coefficient (Wildman–Crippen LogP) is 3.98. The quantitative estimate of drug-likeness (QED) is 0.831. The summed E-state index contributed by atoms with van der Waals surface area (Å²) in [5, 5.41) is 3.78. The van der Waals surface area contributed by atoms with E-state index >= 15 is 0 Å². The second-order valence-corrected chi connectivity index (χ2v) is 5.87. The molecule has 0 bridgehead atoms. The molecule has 0 saturated heterocycles. The number of hydrogen-bond acceptors (Lipinski definition) is 2. The molecular formula is C15H20BrNO2. The molecule has 104 valence electrons. The molecule has 0 spiro atoms. The van der Waals surface area contributed by atoms with Gasteiger partial charge in [-0.3, -0.25) is 4.79 Å². The van der Waals surface area contributed by atoms with Crippen molar-refractivity contribution in [1.82, 2.24) is 0 Å². The zero-order valence-electron chi connectivity index (χ0n) is 11.2. The first-order valence-electron chi connectivity index (χ1n) is 6.71. The summed E-state index contributed by atoms with van der Waals surface area (Å²) in [6.45, 7) is 2.21. The van der Waals surface area contributed by atoms with E-state index in [1.165, 1.54) is 32.6 Å². The highest BCUT2D eigenvalue weighted by Crippen LogP contribution is 2.40. The number of ether oxygens (including phenoxy) is 1. The number of benzene rings is 1. The van der Waals surface area contributed by atoms with Gasteiger partial charge in [0, 0.05) is 17.7 Å². The van der Waals surface area contributed by atoms with Crippen molar-refractivity contribution in [2.45, 2.75) is 32.6 Å². The van der Waals surface area contributed by atoms with E-state index in [0.29, 0.717) is 6.61 Å². The molecule has 3 nitrogen and oxygen atoms in total. The fourth-order valence-corrected chi connectivity index (χ4v) is 3.28. The number of nitrogens with one attached hydrogen (secondary N) is 1. The van der Waals surface area contributed by atoms with Crippen LogP contribution in [0.15, 0.2) is 24.3 Å². The van der Waals surface area contributed by atoms with E-state index in [1.54, 1.807) is 0 Å². The molecule has 1 aromatic rings. The Hall–Kier alpha value is -1.03. The largest absolute Gasteiger partial charge is 0.491 e. The van der Waals surface area contributed by atoms with Gasteiger partial charge in [-0.1, -0.05) is 40.9 Å². The number of amides is 1. The number of carbonyl (C=O) groups is 1. The molecule has 1 saturated carbocycles. The minimum Gasteiger partial charge on any atom is -0.491 e. The van der Waals surface area contributed by atoms with Gasteiger partial charge in [0.15, 0.2) is 0 Å². The number of carbonyl (C=O) groups excluding carboxylic acids is 1. The molecule has 0 radical (unpaired) electrons. The van der Waals surface area contributed by atoms with Crippen molar-refractivity contribution < 1.29 is 9.53 Å². The highest BCUT2D eigenvalue weighted by molar-refractivity contribution is 9.09. The van der Waals surface area contributed by atoms with E-state index in [2.05, 4.69) is 21.2 Å². The molecule has 0 aromatic heterocycles. The van der Waals surface area contributed by atoms with Crippen LogP contribution in [-0.2, 0) is 4.79 Å². The highest BCUT2D eigenvalue weighted by atomic mass is 79.9. The molecule has 19 heavy (non-hydrogen) atoms. The van der Waals surface area contributed by atoms with E-state index < -0.39 is 0 Å². The summed E-state index contributed by atoms with van der Waals surface area (Å²) in [5.74, 6) is 0.678. The molecule has 1 amide bonds. The van der Waals surface area contributed by atoms with Crippen molar-refractivity contribution in [2.24, 2.45) is 5.41 Å². The zero-order valence-corrected chi connectivity index (χ0v) is 12.8. The molecule has 1 N–H and O–H groups in total. The number of halogens is 1. The number of para-hydroxylation sites is 2. The van der Waals surface area contributed by atoms with E-state index in [0.717, 1.165) is 16.8 Å². The third-order valence-corrected chi connectivity index (χ3v) is 4.87. The molecule has 4 heteroatoms. The van der Waals surface area contributed by atoms with Gasteiger partial charge in [0.05, 0.1) is 12.3 Å². The van der Waals surface area contributed by atoms with Crippen LogP contribution in [0.2, 0.25) is 0 Å². The van der Waals surface area contributed by atoms with Crippen molar-refractivity contribution in [1.29, 1.82) is 0 Å². The van der Waals surface area contributed by atoms with Gasteiger partial charge < -0.3 is 10.1 Å². The molecule has 1 aromatic carbocycles. The minimum absolute atomic E-state index is 0.0767. The van der Waals surface area contributed by atoms with Crippen LogP contribution in [0.25, 0.3) is 0 Å². The van der Waals surface area contributed by atoms with Gasteiger partial charge in [0.25, 0.3) is 0 Å². The Bertz CT molecular complexity index is 442. The first-order valence-corrected chi connectivity index (χ1v) is 7.83. The predicted molar refractivity (Wildman–Crippen MR) is 80.9 cm³/mol. The second kappa shape index (κ2) is 6.42. The molecule has 1 aliphatic rings. The monoisotopic (exact) mass is 325 g/mol. The fraction of sp³-hybridized carbons (Fsp3) is 0.533. The molecule has 0 atom stereocenters. The lowest BCUT2D eigenvalue weighted by Gasteiger charge is -2.27. The van der Waals surface area contributed by atoms with Gasteiger partial charge in [-0.05, 0) is 25.0 Å². The molecule has 1 fully saturated rings. The Kier molecular flexibility index (Phi) is 4.86. The summed E-state index contributed by atoms with van der Waals surface area (Å²) in [5.41, 5.74) is 1.00. The summed E-state index contributed by atoms with van der Waals surface area (Å²) < 4.78 is 5.97. The van der Waals surface area contributed by atoms with Gasteiger partial charge in [0.2, 0.25) is 5.91 Å². The Labute approximate surface area is 122 Å². The van der Waals surface area contributed by atoms with Crippen molar-refractivity contribution in [3.63, 3.8) is 0 Å². The van der Waals surface area contributed by atoms with Gasteiger partial charge in [-0.15, -0.1) is 0 Å². The maximum Gasteiger partial charge on any atom is 0.221 e. The normalized spacial score (nSPS) is 17.2. The Morgan fingerprint density at radius 2 is 2.05 bits per heavy atom. The van der Waals surface area contributed by atoms with Crippen molar-refractivity contribution in [3.05, 3.63) is 24.3 Å². The van der Waals surface area contributed by atoms with E-state index in [9.17, 15) is 4.79 Å². The average Bonchev–Trinajstić information content (AvgIpc) is 2.87. The number of anilines is 1. The number of alkyl halides is 1. The van der Waals surface area contributed by atoms with Crippen LogP contribution >= 0.6 is 15.9 Å². The summed E-state index contributed by atoms with van der Waals surface area (Å²) in [6, 6.07) is 7.60. The lowest BCUT2D eigenvalue weighted by molar-refractivity contribution is -0.114. The van der Waals surface area contributed by atoms with E-state index in [1.807, 2.05) is 24.3 Å². The molecular weight excluding hydrogens is 306 g/mol. The summed E-state index contributed by atoms with van der Waals surface area (Å²) in [7, 11) is 0. The maximum atomic E-state index is 11.2. The third-order valence-electron chi connectivity index (χ3n) is 3.68. The van der Waals surface area contributed by atoms with Gasteiger partial charge in [-0.25, -0.2) is 0 Å². The standard InChI is InChI=1S/C15H20BrNO2/c1-12(18)17-13-6-2-3-7-14(13)19-11-15(10-16)8-4-5-9-15/h2-3,6-7H,4-5,8-11H2,1H3,(H,17,18). The SMILES string of the molecule is CC(=O)Nc1ccccc1OCC1(CBr)CCCC1. The van der Waals surface area contributed by atoms with Gasteiger partial charge >= 0.3 is 0 Å². The number of hydrogen-bond donors (Lipinski definition) is 1. The summed E-state index contributed by atoms with van der Waals surface area (Å²) >= 11 is 3.62. The minimum atomic E-state index is -0.0767. The zero-order chi connectivity index (χ0) is 13.7. The van der Waals surface area contributed by atoms with Gasteiger partial charge in [0.1, 0.15) is 5.75 Å². The first kappa shape index (κ1) is 14.4. The van der Waals surface area contributed by atoms with Gasteiger partial charge in [-0.2, -0.15) is 0 Å². The molecule has 0 unspecified atom stereocenters. The smallest absolute Gasteiger partial charge is 0.221 e. The van der Waals surface area contributed by atoms with E-state index in [-0.39, 0.29) is 11.3 Å². The van der Waals surface area contributed by atoms with Crippen LogP contribution in [-0.4, -0.2) is 17.8 Å².